The predicted octanol–water partition coefficient (Wildman–Crippen LogP) is 1.98. The minimum atomic E-state index is 0. The first-order valence-corrected chi connectivity index (χ1v) is 6.97. The Kier molecular flexibility index (Phi) is 14.1. The molecule has 0 amide bonds. The van der Waals surface area contributed by atoms with Crippen LogP contribution in [-0.2, 0) is 0 Å². The molecule has 0 fully saturated rings. The van der Waals surface area contributed by atoms with E-state index in [4.69, 9.17) is 0 Å². The molecule has 0 rings (SSSR count). The maximum atomic E-state index is 2.37. The summed E-state index contributed by atoms with van der Waals surface area (Å²) in [6.45, 7) is 9.81. The van der Waals surface area contributed by atoms with Gasteiger partial charge in [0.1, 0.15) is 13.1 Å². The lowest BCUT2D eigenvalue weighted by Crippen LogP contribution is -2.51. The fourth-order valence-corrected chi connectivity index (χ4v) is 1.94. The van der Waals surface area contributed by atoms with Gasteiger partial charge in [0.15, 0.2) is 0 Å². The van der Waals surface area contributed by atoms with Crippen LogP contribution in [0.4, 0.5) is 0 Å². The van der Waals surface area contributed by atoms with E-state index in [1.54, 1.807) is 0 Å². The minimum Gasteiger partial charge on any atom is -1.00 e. The van der Waals surface area contributed by atoms with Gasteiger partial charge in [0, 0.05) is 0 Å². The molecule has 0 saturated carbocycles. The van der Waals surface area contributed by atoms with E-state index in [2.05, 4.69) is 42.0 Å². The molecule has 0 atom stereocenters. The molecule has 0 aliphatic rings. The van der Waals surface area contributed by atoms with E-state index in [1.807, 2.05) is 0 Å². The molecule has 0 heterocycles. The van der Waals surface area contributed by atoms with Crippen LogP contribution in [0.25, 0.3) is 0 Å². The lowest BCUT2D eigenvalue weighted by Gasteiger charge is -2.35. The van der Waals surface area contributed by atoms with Crippen molar-refractivity contribution in [2.45, 2.75) is 39.5 Å². The van der Waals surface area contributed by atoms with Crippen LogP contribution in [0.5, 0.6) is 0 Å². The maximum absolute atomic E-state index is 2.37. The zero-order valence-corrected chi connectivity index (χ0v) is 13.7. The summed E-state index contributed by atoms with van der Waals surface area (Å²) in [5.74, 6) is 0. The largest absolute Gasteiger partial charge is 1.00 e. The van der Waals surface area contributed by atoms with Crippen LogP contribution >= 0.6 is 0 Å². The molecule has 2 nitrogen and oxygen atoms in total. The second-order valence-corrected chi connectivity index (χ2v) is 6.47. The smallest absolute Gasteiger partial charge is 0.128 e. The van der Waals surface area contributed by atoms with E-state index in [9.17, 15) is 0 Å². The van der Waals surface area contributed by atoms with E-state index in [0.717, 1.165) is 0 Å². The normalized spacial score (nSPS) is 11.7. The molecular weight excluding hydrogens is 218 g/mol. The molecule has 8 radical (unpaired) electrons. The number of quaternary nitrogens is 2. The van der Waals surface area contributed by atoms with Gasteiger partial charge >= 0.3 is 0 Å². The minimum absolute atomic E-state index is 0. The Morgan fingerprint density at radius 3 is 1.06 bits per heavy atom. The number of likely N-dealkylation sites (N-methyl/N-ethyl adjacent to an activating group) is 2. The van der Waals surface area contributed by atoms with Gasteiger partial charge < -0.3 is 25.8 Å². The van der Waals surface area contributed by atoms with Gasteiger partial charge in [-0.1, -0.05) is 26.7 Å². The van der Waals surface area contributed by atoms with Gasteiger partial charge in [-0.15, -0.1) is 0 Å². The number of hydrogen-bond donors (Lipinski definition) is 0. The fourth-order valence-electron chi connectivity index (χ4n) is 1.94. The Hall–Kier alpha value is 0.0499. The van der Waals surface area contributed by atoms with Crippen LogP contribution in [0.2, 0.25) is 0 Å². The number of rotatable bonds is 9. The van der Waals surface area contributed by atoms with Gasteiger partial charge in [0.05, 0.1) is 41.3 Å². The van der Waals surface area contributed by atoms with Crippen LogP contribution in [-0.4, -0.2) is 80.2 Å². The summed E-state index contributed by atoms with van der Waals surface area (Å²) in [6.07, 6.45) is 5.34. The molecule has 0 aromatic carbocycles. The average molecular weight is 252 g/mol. The predicted molar refractivity (Wildman–Crippen MR) is 85.0 cm³/mol. The average Bonchev–Trinajstić information content (AvgIpc) is 2.22. The Morgan fingerprint density at radius 2 is 0.833 bits per heavy atom. The molecule has 0 aliphatic carbocycles. The Labute approximate surface area is 120 Å². The van der Waals surface area contributed by atoms with E-state index in [0.29, 0.717) is 0 Å². The molecule has 0 aromatic rings. The highest BCUT2D eigenvalue weighted by Gasteiger charge is 2.21. The summed E-state index contributed by atoms with van der Waals surface area (Å²) in [4.78, 5) is 0. The fraction of sp³-hybridized carbons (Fsp3) is 1.00. The second-order valence-electron chi connectivity index (χ2n) is 6.47. The van der Waals surface area contributed by atoms with Gasteiger partial charge in [-0.25, -0.2) is 0 Å². The molecule has 18 heavy (non-hydrogen) atoms. The van der Waals surface area contributed by atoms with Gasteiger partial charge in [-0.05, 0) is 12.8 Å². The SMILES string of the molecule is CCCC[N+](C)(C)CC[N+](C)(C)CCCC.[B-].[B-]. The third-order valence-corrected chi connectivity index (χ3v) is 3.54. The monoisotopic (exact) mass is 252 g/mol. The standard InChI is InChI=1S/C14H34N2.2B/c1-7-9-11-15(3,4)13-14-16(5,6)12-10-8-2;;/h7-14H2,1-6H3;;/q+2;2*-1. The number of nitrogens with zero attached hydrogens (tertiary/aromatic N) is 2. The van der Waals surface area contributed by atoms with Crippen LogP contribution in [0.1, 0.15) is 39.5 Å². The van der Waals surface area contributed by atoms with E-state index in [1.165, 1.54) is 60.8 Å². The molecule has 0 unspecified atom stereocenters. The first-order chi connectivity index (χ1) is 7.33. The van der Waals surface area contributed by atoms with Gasteiger partial charge in [0.25, 0.3) is 0 Å². The van der Waals surface area contributed by atoms with Crippen molar-refractivity contribution in [3.05, 3.63) is 0 Å². The first kappa shape index (κ1) is 23.2. The third-order valence-electron chi connectivity index (χ3n) is 3.54. The summed E-state index contributed by atoms with van der Waals surface area (Å²) >= 11 is 0. The van der Waals surface area contributed by atoms with Gasteiger partial charge in [-0.2, -0.15) is 0 Å². The van der Waals surface area contributed by atoms with Crippen molar-refractivity contribution >= 4 is 16.8 Å². The van der Waals surface area contributed by atoms with Crippen LogP contribution < -0.4 is 0 Å². The number of hydrogen-bond acceptors (Lipinski definition) is 0. The van der Waals surface area contributed by atoms with Gasteiger partial charge in [-0.3, -0.25) is 0 Å². The molecular formula is C14H34B2N2. The van der Waals surface area contributed by atoms with Crippen molar-refractivity contribution in [3.63, 3.8) is 0 Å². The highest BCUT2D eigenvalue weighted by Crippen LogP contribution is 2.06. The molecule has 0 saturated heterocycles. The first-order valence-electron chi connectivity index (χ1n) is 6.97. The second kappa shape index (κ2) is 10.9. The summed E-state index contributed by atoms with van der Waals surface area (Å²) in [6, 6.07) is 0. The third kappa shape index (κ3) is 12.5. The van der Waals surface area contributed by atoms with E-state index >= 15 is 0 Å². The van der Waals surface area contributed by atoms with E-state index in [-0.39, 0.29) is 16.8 Å². The Morgan fingerprint density at radius 1 is 0.556 bits per heavy atom. The zero-order chi connectivity index (χ0) is 12.7. The Bertz CT molecular complexity index is 163. The van der Waals surface area contributed by atoms with Gasteiger partial charge in [0.2, 0.25) is 0 Å². The van der Waals surface area contributed by atoms with E-state index < -0.39 is 0 Å². The van der Waals surface area contributed by atoms with Crippen molar-refractivity contribution in [2.24, 2.45) is 0 Å². The van der Waals surface area contributed by atoms with Crippen molar-refractivity contribution in [1.29, 1.82) is 0 Å². The molecule has 106 valence electrons. The summed E-state index contributed by atoms with van der Waals surface area (Å²) in [5, 5.41) is 0. The van der Waals surface area contributed by atoms with Crippen molar-refractivity contribution < 1.29 is 8.97 Å². The maximum Gasteiger partial charge on any atom is 0.128 e. The van der Waals surface area contributed by atoms with Crippen LogP contribution in [0.3, 0.4) is 0 Å². The van der Waals surface area contributed by atoms with Crippen LogP contribution in [0, 0.1) is 0 Å². The zero-order valence-electron chi connectivity index (χ0n) is 13.7. The summed E-state index contributed by atoms with van der Waals surface area (Å²) < 4.78 is 2.36. The number of unbranched alkanes of at least 4 members (excludes halogenated alkanes) is 2. The molecule has 0 aliphatic heterocycles. The quantitative estimate of drug-likeness (QED) is 0.434. The lowest BCUT2D eigenvalue weighted by atomic mass is 10.2. The lowest BCUT2D eigenvalue weighted by molar-refractivity contribution is -0.946. The highest BCUT2D eigenvalue weighted by molar-refractivity contribution is 5.76. The molecule has 4 heteroatoms. The van der Waals surface area contributed by atoms with Crippen molar-refractivity contribution in [1.82, 2.24) is 0 Å². The molecule has 0 bridgehead atoms. The highest BCUT2D eigenvalue weighted by atomic mass is 15.4. The molecule has 0 spiro atoms. The summed E-state index contributed by atoms with van der Waals surface area (Å²) in [7, 11) is 9.48. The topological polar surface area (TPSA) is 0 Å². The molecule has 0 aromatic heterocycles. The molecule has 0 N–H and O–H groups in total. The summed E-state index contributed by atoms with van der Waals surface area (Å²) in [5.41, 5.74) is 0. The van der Waals surface area contributed by atoms with Crippen molar-refractivity contribution in [3.8, 4) is 0 Å². The van der Waals surface area contributed by atoms with Crippen molar-refractivity contribution in [2.75, 3.05) is 54.4 Å². The van der Waals surface area contributed by atoms with Crippen LogP contribution in [0.15, 0.2) is 0 Å². The Balaban J connectivity index is -0.00000112.